The Kier molecular flexibility index (Phi) is 6.92. The highest BCUT2D eigenvalue weighted by Crippen LogP contribution is 2.20. The van der Waals surface area contributed by atoms with Gasteiger partial charge in [0.1, 0.15) is 12.4 Å². The van der Waals surface area contributed by atoms with Crippen LogP contribution < -0.4 is 10.1 Å². The van der Waals surface area contributed by atoms with Crippen molar-refractivity contribution in [2.24, 2.45) is 0 Å². The maximum atomic E-state index is 13.7. The molecule has 0 aromatic heterocycles. The molecule has 2 amide bonds. The van der Waals surface area contributed by atoms with Gasteiger partial charge in [0.25, 0.3) is 5.91 Å². The van der Waals surface area contributed by atoms with Crippen LogP contribution in [0.15, 0.2) is 66.7 Å². The number of halogens is 3. The lowest BCUT2D eigenvalue weighted by atomic mass is 10.1. The predicted molar refractivity (Wildman–Crippen MR) is 109 cm³/mol. The first kappa shape index (κ1) is 21.9. The molecule has 8 heteroatoms. The van der Waals surface area contributed by atoms with Crippen LogP contribution >= 0.6 is 0 Å². The van der Waals surface area contributed by atoms with E-state index in [0.717, 1.165) is 11.0 Å². The Morgan fingerprint density at radius 3 is 2.32 bits per heavy atom. The molecular formula is C23H19F3N2O3. The number of hydrogen-bond donors (Lipinski definition) is 1. The van der Waals surface area contributed by atoms with Crippen LogP contribution in [0, 0.1) is 17.5 Å². The lowest BCUT2D eigenvalue weighted by Gasteiger charge is -2.19. The Bertz CT molecular complexity index is 1090. The van der Waals surface area contributed by atoms with Crippen LogP contribution in [0.4, 0.5) is 18.9 Å². The number of anilines is 1. The molecule has 0 atom stereocenters. The first-order valence-corrected chi connectivity index (χ1v) is 9.31. The quantitative estimate of drug-likeness (QED) is 0.568. The normalized spacial score (nSPS) is 10.5. The Balaban J connectivity index is 1.66. The summed E-state index contributed by atoms with van der Waals surface area (Å²) in [7, 11) is 1.40. The SMILES string of the molecule is CN(CC(=O)Nc1ccc(F)c(F)c1F)C(=O)c1ccccc1COc1ccccc1. The monoisotopic (exact) mass is 428 g/mol. The number of carbonyl (C=O) groups is 2. The minimum Gasteiger partial charge on any atom is -0.489 e. The molecule has 31 heavy (non-hydrogen) atoms. The van der Waals surface area contributed by atoms with E-state index in [9.17, 15) is 22.8 Å². The highest BCUT2D eigenvalue weighted by atomic mass is 19.2. The molecule has 0 heterocycles. The topological polar surface area (TPSA) is 58.6 Å². The lowest BCUT2D eigenvalue weighted by molar-refractivity contribution is -0.116. The molecule has 5 nitrogen and oxygen atoms in total. The van der Waals surface area contributed by atoms with Gasteiger partial charge in [0.15, 0.2) is 17.5 Å². The van der Waals surface area contributed by atoms with Crippen molar-refractivity contribution in [3.05, 3.63) is 95.3 Å². The van der Waals surface area contributed by atoms with Gasteiger partial charge in [-0.25, -0.2) is 13.2 Å². The third kappa shape index (κ3) is 5.42. The lowest BCUT2D eigenvalue weighted by Crippen LogP contribution is -2.35. The molecule has 0 aliphatic rings. The zero-order valence-corrected chi connectivity index (χ0v) is 16.6. The number of amides is 2. The van der Waals surface area contributed by atoms with Crippen LogP contribution in [-0.4, -0.2) is 30.3 Å². The van der Waals surface area contributed by atoms with Gasteiger partial charge in [-0.1, -0.05) is 36.4 Å². The smallest absolute Gasteiger partial charge is 0.254 e. The largest absolute Gasteiger partial charge is 0.489 e. The van der Waals surface area contributed by atoms with Gasteiger partial charge in [0, 0.05) is 18.2 Å². The average Bonchev–Trinajstić information content (AvgIpc) is 2.78. The van der Waals surface area contributed by atoms with Crippen molar-refractivity contribution < 1.29 is 27.5 Å². The number of hydrogen-bond acceptors (Lipinski definition) is 3. The average molecular weight is 428 g/mol. The summed E-state index contributed by atoms with van der Waals surface area (Å²) in [6, 6.07) is 17.5. The number of nitrogens with one attached hydrogen (secondary N) is 1. The molecule has 0 aliphatic heterocycles. The number of benzene rings is 3. The van der Waals surface area contributed by atoms with Crippen molar-refractivity contribution in [1.82, 2.24) is 4.90 Å². The van der Waals surface area contributed by atoms with Gasteiger partial charge in [-0.05, 0) is 30.3 Å². The second kappa shape index (κ2) is 9.80. The summed E-state index contributed by atoms with van der Waals surface area (Å²) in [5.41, 5.74) is 0.449. The summed E-state index contributed by atoms with van der Waals surface area (Å²) in [5, 5.41) is 2.14. The third-order valence-corrected chi connectivity index (χ3v) is 4.42. The molecule has 0 saturated carbocycles. The molecule has 1 N–H and O–H groups in total. The van der Waals surface area contributed by atoms with E-state index in [0.29, 0.717) is 22.9 Å². The van der Waals surface area contributed by atoms with E-state index in [1.54, 1.807) is 36.4 Å². The minimum absolute atomic E-state index is 0.145. The van der Waals surface area contributed by atoms with Crippen LogP contribution in [0.1, 0.15) is 15.9 Å². The van der Waals surface area contributed by atoms with E-state index in [4.69, 9.17) is 4.74 Å². The van der Waals surface area contributed by atoms with E-state index in [1.807, 2.05) is 18.2 Å². The summed E-state index contributed by atoms with van der Waals surface area (Å²) in [4.78, 5) is 26.2. The zero-order chi connectivity index (χ0) is 22.4. The Morgan fingerprint density at radius 1 is 0.903 bits per heavy atom. The first-order chi connectivity index (χ1) is 14.9. The third-order valence-electron chi connectivity index (χ3n) is 4.42. The van der Waals surface area contributed by atoms with Crippen molar-refractivity contribution in [3.8, 4) is 5.75 Å². The molecule has 0 spiro atoms. The van der Waals surface area contributed by atoms with E-state index < -0.39 is 41.5 Å². The number of carbonyl (C=O) groups excluding carboxylic acids is 2. The molecule has 3 aromatic rings. The predicted octanol–water partition coefficient (Wildman–Crippen LogP) is 4.39. The van der Waals surface area contributed by atoms with E-state index in [1.165, 1.54) is 7.05 Å². The molecule has 0 saturated heterocycles. The van der Waals surface area contributed by atoms with Gasteiger partial charge in [0.05, 0.1) is 12.2 Å². The van der Waals surface area contributed by atoms with Crippen LogP contribution in [0.5, 0.6) is 5.75 Å². The number of para-hydroxylation sites is 1. The van der Waals surface area contributed by atoms with Crippen LogP contribution in [0.2, 0.25) is 0 Å². The van der Waals surface area contributed by atoms with Crippen LogP contribution in [0.25, 0.3) is 0 Å². The van der Waals surface area contributed by atoms with Crippen molar-refractivity contribution in [3.63, 3.8) is 0 Å². The molecule has 0 unspecified atom stereocenters. The molecule has 0 aliphatic carbocycles. The van der Waals surface area contributed by atoms with E-state index in [2.05, 4.69) is 5.32 Å². The van der Waals surface area contributed by atoms with E-state index >= 15 is 0 Å². The van der Waals surface area contributed by atoms with Crippen molar-refractivity contribution in [2.45, 2.75) is 6.61 Å². The molecule has 3 rings (SSSR count). The fraction of sp³-hybridized carbons (Fsp3) is 0.130. The summed E-state index contributed by atoms with van der Waals surface area (Å²) in [5.74, 6) is -5.13. The Hall–Kier alpha value is -3.81. The van der Waals surface area contributed by atoms with Gasteiger partial charge in [0.2, 0.25) is 5.91 Å². The summed E-state index contributed by atoms with van der Waals surface area (Å²) >= 11 is 0. The second-order valence-corrected chi connectivity index (χ2v) is 6.69. The second-order valence-electron chi connectivity index (χ2n) is 6.69. The number of rotatable bonds is 7. The van der Waals surface area contributed by atoms with Crippen molar-refractivity contribution in [2.75, 3.05) is 18.9 Å². The van der Waals surface area contributed by atoms with Crippen LogP contribution in [0.3, 0.4) is 0 Å². The number of likely N-dealkylation sites (N-methyl/N-ethyl adjacent to an activating group) is 1. The fourth-order valence-electron chi connectivity index (χ4n) is 2.84. The molecule has 160 valence electrons. The highest BCUT2D eigenvalue weighted by molar-refractivity contribution is 6.00. The van der Waals surface area contributed by atoms with Crippen LogP contribution in [-0.2, 0) is 11.4 Å². The number of nitrogens with zero attached hydrogens (tertiary/aromatic N) is 1. The van der Waals surface area contributed by atoms with Crippen molar-refractivity contribution >= 4 is 17.5 Å². The molecule has 0 bridgehead atoms. The van der Waals surface area contributed by atoms with Gasteiger partial charge in [-0.3, -0.25) is 9.59 Å². The molecule has 3 aromatic carbocycles. The fourth-order valence-corrected chi connectivity index (χ4v) is 2.84. The van der Waals surface area contributed by atoms with Gasteiger partial charge >= 0.3 is 0 Å². The Labute approximate surface area is 177 Å². The summed E-state index contributed by atoms with van der Waals surface area (Å²) < 4.78 is 45.8. The Morgan fingerprint density at radius 2 is 1.58 bits per heavy atom. The molecular weight excluding hydrogens is 409 g/mol. The van der Waals surface area contributed by atoms with E-state index in [-0.39, 0.29) is 6.61 Å². The zero-order valence-electron chi connectivity index (χ0n) is 16.6. The van der Waals surface area contributed by atoms with Gasteiger partial charge in [-0.15, -0.1) is 0 Å². The molecule has 0 radical (unpaired) electrons. The van der Waals surface area contributed by atoms with Gasteiger partial charge < -0.3 is 15.0 Å². The summed E-state index contributed by atoms with van der Waals surface area (Å²) in [6.45, 7) is -0.281. The maximum absolute atomic E-state index is 13.7. The maximum Gasteiger partial charge on any atom is 0.254 e. The highest BCUT2D eigenvalue weighted by Gasteiger charge is 2.20. The summed E-state index contributed by atoms with van der Waals surface area (Å²) in [6.07, 6.45) is 0. The standard InChI is InChI=1S/C23H19F3N2O3/c1-28(13-20(29)27-19-12-11-18(24)21(25)22(19)26)23(30)17-10-6-5-7-15(17)14-31-16-8-3-2-4-9-16/h2-12H,13-14H2,1H3,(H,27,29). The van der Waals surface area contributed by atoms with Crippen molar-refractivity contribution in [1.29, 1.82) is 0 Å². The number of ether oxygens (including phenoxy) is 1. The van der Waals surface area contributed by atoms with Gasteiger partial charge in [-0.2, -0.15) is 0 Å². The minimum atomic E-state index is -1.69. The first-order valence-electron chi connectivity index (χ1n) is 9.31. The molecule has 0 fully saturated rings.